The van der Waals surface area contributed by atoms with Crippen molar-refractivity contribution in [3.8, 4) is 39.5 Å². The second-order valence-corrected chi connectivity index (χ2v) is 10.4. The first-order valence-electron chi connectivity index (χ1n) is 12.7. The molecule has 210 valence electrons. The van der Waals surface area contributed by atoms with Crippen molar-refractivity contribution in [3.63, 3.8) is 0 Å². The highest BCUT2D eigenvalue weighted by Crippen LogP contribution is 2.47. The molecule has 41 heavy (non-hydrogen) atoms. The number of aliphatic hydroxyl groups is 1. The topological polar surface area (TPSA) is 126 Å². The maximum absolute atomic E-state index is 15.7. The zero-order valence-corrected chi connectivity index (χ0v) is 23.2. The van der Waals surface area contributed by atoms with Crippen molar-refractivity contribution in [3.05, 3.63) is 77.6 Å². The number of fused-ring (bicyclic) bond motifs is 1. The monoisotopic (exact) mass is 576 g/mol. The minimum absolute atomic E-state index is 0.0184. The predicted octanol–water partition coefficient (Wildman–Crippen LogP) is 5.52. The number of rotatable bonds is 9. The van der Waals surface area contributed by atoms with Crippen LogP contribution in [0.25, 0.3) is 43.9 Å². The van der Waals surface area contributed by atoms with Crippen LogP contribution in [0.3, 0.4) is 0 Å². The molecule has 9 nitrogen and oxygen atoms in total. The zero-order chi connectivity index (χ0) is 29.3. The van der Waals surface area contributed by atoms with Gasteiger partial charge in [0.1, 0.15) is 35.4 Å². The molecule has 2 atom stereocenters. The molecule has 0 fully saturated rings. The second kappa shape index (κ2) is 11.5. The molecule has 0 saturated heterocycles. The number of benzene rings is 1. The molecule has 5 rings (SSSR count). The number of nitrogens with one attached hydrogen (secondary N) is 2. The van der Waals surface area contributed by atoms with Gasteiger partial charge in [0.25, 0.3) is 0 Å². The fourth-order valence-corrected chi connectivity index (χ4v) is 5.36. The van der Waals surface area contributed by atoms with E-state index < -0.39 is 23.8 Å². The lowest BCUT2D eigenvalue weighted by molar-refractivity contribution is -0.117. The molecular weight excluding hydrogens is 550 g/mol. The van der Waals surface area contributed by atoms with Crippen molar-refractivity contribution in [1.82, 2.24) is 30.7 Å². The first kappa shape index (κ1) is 28.0. The Balaban J connectivity index is 1.80. The van der Waals surface area contributed by atoms with Crippen LogP contribution in [0.4, 0.5) is 8.78 Å². The highest BCUT2D eigenvalue weighted by atomic mass is 32.1. The lowest BCUT2D eigenvalue weighted by atomic mass is 9.96. The van der Waals surface area contributed by atoms with Crippen molar-refractivity contribution >= 4 is 27.3 Å². The van der Waals surface area contributed by atoms with E-state index in [-0.39, 0.29) is 23.8 Å². The summed E-state index contributed by atoms with van der Waals surface area (Å²) in [5.41, 5.74) is 3.50. The molecule has 4 aromatic heterocycles. The number of aromatic amines is 1. The molecule has 4 heterocycles. The van der Waals surface area contributed by atoms with E-state index >= 15 is 4.39 Å². The molecule has 5 aromatic rings. The Kier molecular flexibility index (Phi) is 7.86. The van der Waals surface area contributed by atoms with Gasteiger partial charge in [-0.3, -0.25) is 9.89 Å². The van der Waals surface area contributed by atoms with Gasteiger partial charge in [-0.2, -0.15) is 15.3 Å². The van der Waals surface area contributed by atoms with Crippen LogP contribution in [0.5, 0.6) is 5.75 Å². The molecule has 0 saturated carbocycles. The van der Waals surface area contributed by atoms with Crippen LogP contribution in [0, 0.1) is 18.6 Å². The van der Waals surface area contributed by atoms with Gasteiger partial charge in [-0.25, -0.2) is 13.8 Å². The van der Waals surface area contributed by atoms with Gasteiger partial charge < -0.3 is 15.2 Å². The van der Waals surface area contributed by atoms with Crippen molar-refractivity contribution in [2.24, 2.45) is 0 Å². The number of pyridine rings is 1. The van der Waals surface area contributed by atoms with Crippen molar-refractivity contribution < 1.29 is 23.4 Å². The number of carbonyl (C=O) groups is 1. The van der Waals surface area contributed by atoms with Gasteiger partial charge in [0.15, 0.2) is 0 Å². The molecular formula is C29H26F2N6O3S. The van der Waals surface area contributed by atoms with E-state index in [2.05, 4.69) is 32.3 Å². The molecule has 0 aliphatic heterocycles. The van der Waals surface area contributed by atoms with Crippen molar-refractivity contribution in [2.75, 3.05) is 6.61 Å². The Hall–Kier alpha value is -4.55. The van der Waals surface area contributed by atoms with Crippen LogP contribution in [0.1, 0.15) is 31.3 Å². The number of aryl methyl sites for hydroxylation is 1. The molecule has 0 radical (unpaired) electrons. The summed E-state index contributed by atoms with van der Waals surface area (Å²) in [5.74, 6) is -2.13. The number of halogens is 2. The quantitative estimate of drug-likeness (QED) is 0.197. The van der Waals surface area contributed by atoms with Gasteiger partial charge in [-0.15, -0.1) is 11.3 Å². The predicted molar refractivity (Wildman–Crippen MR) is 152 cm³/mol. The van der Waals surface area contributed by atoms with Gasteiger partial charge in [-0.05, 0) is 50.4 Å². The van der Waals surface area contributed by atoms with Gasteiger partial charge in [0, 0.05) is 33.3 Å². The smallest absolute Gasteiger partial charge is 0.243 e. The fourth-order valence-electron chi connectivity index (χ4n) is 4.41. The number of carbonyl (C=O) groups excluding carboxylic acids is 1. The standard InChI is InChI=1S/C29H26F2N6O3S/c1-5-24(39)33-16(4)21-11-22(37-36-21)28-26(25-20(31)9-18(30)10-23(25)40-13-15(3)38)29-19(6-7-41-29)27(34-28)17-8-14(2)35-32-12-17/h5-12,15-16,38H,1,13H2,2-4H3,(H,33,39)(H,36,37)/t15-,16-/m1/s1. The Labute approximate surface area is 237 Å². The second-order valence-electron chi connectivity index (χ2n) is 9.50. The molecule has 1 aromatic carbocycles. The first-order chi connectivity index (χ1) is 19.7. The molecule has 3 N–H and O–H groups in total. The van der Waals surface area contributed by atoms with E-state index in [1.165, 1.54) is 24.3 Å². The average molecular weight is 577 g/mol. The van der Waals surface area contributed by atoms with Gasteiger partial charge in [0.05, 0.1) is 41.0 Å². The van der Waals surface area contributed by atoms with Gasteiger partial charge >= 0.3 is 0 Å². The lowest BCUT2D eigenvalue weighted by Gasteiger charge is -2.18. The van der Waals surface area contributed by atoms with Crippen LogP contribution in [-0.4, -0.2) is 49.1 Å². The largest absolute Gasteiger partial charge is 0.490 e. The van der Waals surface area contributed by atoms with Crippen LogP contribution in [0.15, 0.2) is 54.6 Å². The average Bonchev–Trinajstić information content (AvgIpc) is 3.62. The molecule has 12 heteroatoms. The van der Waals surface area contributed by atoms with Gasteiger partial charge in [0.2, 0.25) is 5.91 Å². The summed E-state index contributed by atoms with van der Waals surface area (Å²) in [6, 6.07) is 6.82. The maximum Gasteiger partial charge on any atom is 0.243 e. The van der Waals surface area contributed by atoms with E-state index in [4.69, 9.17) is 9.72 Å². The summed E-state index contributed by atoms with van der Waals surface area (Å²) in [6.07, 6.45) is 1.88. The first-order valence-corrected chi connectivity index (χ1v) is 13.5. The number of aromatic nitrogens is 5. The van der Waals surface area contributed by atoms with Crippen LogP contribution < -0.4 is 10.1 Å². The van der Waals surface area contributed by atoms with E-state index in [9.17, 15) is 14.3 Å². The van der Waals surface area contributed by atoms with Gasteiger partial charge in [-0.1, -0.05) is 6.58 Å². The molecule has 0 spiro atoms. The Morgan fingerprint density at radius 3 is 2.76 bits per heavy atom. The third-order valence-electron chi connectivity index (χ3n) is 6.26. The summed E-state index contributed by atoms with van der Waals surface area (Å²) >= 11 is 1.35. The van der Waals surface area contributed by atoms with Crippen LogP contribution in [-0.2, 0) is 4.79 Å². The highest BCUT2D eigenvalue weighted by molar-refractivity contribution is 7.18. The zero-order valence-electron chi connectivity index (χ0n) is 22.4. The summed E-state index contributed by atoms with van der Waals surface area (Å²) in [4.78, 5) is 16.8. The highest BCUT2D eigenvalue weighted by Gasteiger charge is 2.27. The van der Waals surface area contributed by atoms with Crippen molar-refractivity contribution in [2.45, 2.75) is 32.9 Å². The Morgan fingerprint density at radius 2 is 2.02 bits per heavy atom. The third kappa shape index (κ3) is 5.70. The van der Waals surface area contributed by atoms with Crippen molar-refractivity contribution in [1.29, 1.82) is 0 Å². The van der Waals surface area contributed by atoms with Crippen LogP contribution in [0.2, 0.25) is 0 Å². The number of nitrogens with zero attached hydrogens (tertiary/aromatic N) is 4. The molecule has 1 amide bonds. The number of amides is 1. The summed E-state index contributed by atoms with van der Waals surface area (Å²) < 4.78 is 36.5. The lowest BCUT2D eigenvalue weighted by Crippen LogP contribution is -2.24. The van der Waals surface area contributed by atoms with Crippen LogP contribution >= 0.6 is 11.3 Å². The minimum Gasteiger partial charge on any atom is -0.490 e. The maximum atomic E-state index is 15.7. The van der Waals surface area contributed by atoms with E-state index in [0.29, 0.717) is 49.7 Å². The number of hydrogen-bond acceptors (Lipinski definition) is 8. The summed E-state index contributed by atoms with van der Waals surface area (Å²) in [5, 5.41) is 30.7. The molecule has 0 aliphatic carbocycles. The molecule has 0 unspecified atom stereocenters. The number of ether oxygens (including phenoxy) is 1. The Bertz CT molecular complexity index is 1770. The number of H-pyrrole nitrogens is 1. The number of thiophene rings is 1. The van der Waals surface area contributed by atoms with E-state index in [1.54, 1.807) is 19.2 Å². The molecule has 0 aliphatic rings. The SMILES string of the molecule is C=CC(=O)N[C@H](C)c1cc(-c2nc(-c3cnnc(C)c3)c3ccsc3c2-c2c(F)cc(F)cc2OC[C@@H](C)O)n[nH]1. The Morgan fingerprint density at radius 1 is 1.22 bits per heavy atom. The summed E-state index contributed by atoms with van der Waals surface area (Å²) in [6.45, 7) is 8.39. The normalized spacial score (nSPS) is 12.7. The number of aliphatic hydroxyl groups excluding tert-OH is 1. The van der Waals surface area contributed by atoms with E-state index in [1.807, 2.05) is 24.4 Å². The van der Waals surface area contributed by atoms with E-state index in [0.717, 1.165) is 12.1 Å². The number of hydrogen-bond donors (Lipinski definition) is 3. The minimum atomic E-state index is -0.875. The third-order valence-corrected chi connectivity index (χ3v) is 7.19. The molecule has 0 bridgehead atoms. The summed E-state index contributed by atoms with van der Waals surface area (Å²) in [7, 11) is 0. The fraction of sp³-hybridized carbons (Fsp3) is 0.207.